The first-order chi connectivity index (χ1) is 12.9. The maximum atomic E-state index is 13.1. The predicted molar refractivity (Wildman–Crippen MR) is 104 cm³/mol. The molecule has 0 aliphatic carbocycles. The van der Waals surface area contributed by atoms with Gasteiger partial charge < -0.3 is 9.80 Å². The Labute approximate surface area is 161 Å². The fourth-order valence-corrected chi connectivity index (χ4v) is 4.37. The second-order valence-corrected chi connectivity index (χ2v) is 8.49. The van der Waals surface area contributed by atoms with Gasteiger partial charge in [-0.2, -0.15) is 5.26 Å². The molecule has 0 bridgehead atoms. The van der Waals surface area contributed by atoms with Crippen molar-refractivity contribution in [3.05, 3.63) is 35.4 Å². The number of hydrogen-bond donors (Lipinski definition) is 0. The molecule has 3 rings (SSSR count). The monoisotopic (exact) mass is 367 g/mol. The van der Waals surface area contributed by atoms with Gasteiger partial charge in [-0.15, -0.1) is 0 Å². The Balaban J connectivity index is 1.74. The number of likely N-dealkylation sites (tertiary alicyclic amines) is 2. The number of carbonyl (C=O) groups excluding carboxylic acids is 2. The van der Waals surface area contributed by atoms with Crippen molar-refractivity contribution in [2.24, 2.45) is 11.3 Å². The zero-order chi connectivity index (χ0) is 19.4. The summed E-state index contributed by atoms with van der Waals surface area (Å²) in [5, 5.41) is 9.31. The molecule has 2 fully saturated rings. The first-order valence-electron chi connectivity index (χ1n) is 10.0. The number of amides is 2. The molecule has 2 amide bonds. The zero-order valence-corrected chi connectivity index (χ0v) is 16.4. The second-order valence-electron chi connectivity index (χ2n) is 8.49. The molecule has 0 N–H and O–H groups in total. The van der Waals surface area contributed by atoms with Gasteiger partial charge in [-0.25, -0.2) is 0 Å². The number of rotatable bonds is 4. The number of nitrogens with zero attached hydrogens (tertiary/aromatic N) is 3. The summed E-state index contributed by atoms with van der Waals surface area (Å²) < 4.78 is 0. The van der Waals surface area contributed by atoms with E-state index in [4.69, 9.17) is 0 Å². The molecule has 2 saturated heterocycles. The van der Waals surface area contributed by atoms with Gasteiger partial charge in [0.25, 0.3) is 5.91 Å². The highest BCUT2D eigenvalue weighted by Crippen LogP contribution is 2.39. The Morgan fingerprint density at radius 2 is 2.04 bits per heavy atom. The van der Waals surface area contributed by atoms with Gasteiger partial charge in [-0.3, -0.25) is 9.59 Å². The molecule has 1 aromatic rings. The summed E-state index contributed by atoms with van der Waals surface area (Å²) >= 11 is 0. The molecule has 5 nitrogen and oxygen atoms in total. The summed E-state index contributed by atoms with van der Waals surface area (Å²) in [4.78, 5) is 29.3. The maximum Gasteiger partial charge on any atom is 0.255 e. The lowest BCUT2D eigenvalue weighted by atomic mass is 9.73. The highest BCUT2D eigenvalue weighted by atomic mass is 16.2. The standard InChI is InChI=1S/C22H29N3O2/c1-17(2)9-13-24-15-22(11-8-20(24)26)10-5-12-25(16-22)21(27)19-7-4-3-6-18(19)14-23/h3-4,6-7,17H,5,8-13,15-16H2,1-2H3. The van der Waals surface area contributed by atoms with Crippen LogP contribution in [0.5, 0.6) is 0 Å². The van der Waals surface area contributed by atoms with Crippen LogP contribution in [0.4, 0.5) is 0 Å². The van der Waals surface area contributed by atoms with Gasteiger partial charge in [0.05, 0.1) is 17.2 Å². The molecule has 0 aromatic heterocycles. The van der Waals surface area contributed by atoms with E-state index in [2.05, 4.69) is 19.9 Å². The fourth-order valence-electron chi connectivity index (χ4n) is 4.37. The number of benzene rings is 1. The lowest BCUT2D eigenvalue weighted by molar-refractivity contribution is -0.139. The van der Waals surface area contributed by atoms with Crippen LogP contribution in [0.2, 0.25) is 0 Å². The van der Waals surface area contributed by atoms with Crippen LogP contribution in [-0.4, -0.2) is 47.8 Å². The van der Waals surface area contributed by atoms with Crippen molar-refractivity contribution in [2.75, 3.05) is 26.2 Å². The van der Waals surface area contributed by atoms with Crippen LogP contribution in [0, 0.1) is 22.7 Å². The normalized spacial score (nSPS) is 23.0. The zero-order valence-electron chi connectivity index (χ0n) is 16.4. The molecule has 2 heterocycles. The molecule has 5 heteroatoms. The van der Waals surface area contributed by atoms with E-state index in [1.807, 2.05) is 9.80 Å². The third kappa shape index (κ3) is 4.32. The second kappa shape index (κ2) is 8.12. The van der Waals surface area contributed by atoms with Gasteiger partial charge in [0, 0.05) is 38.0 Å². The van der Waals surface area contributed by atoms with E-state index in [9.17, 15) is 14.9 Å². The predicted octanol–water partition coefficient (Wildman–Crippen LogP) is 3.45. The smallest absolute Gasteiger partial charge is 0.255 e. The van der Waals surface area contributed by atoms with Crippen LogP contribution < -0.4 is 0 Å². The average Bonchev–Trinajstić information content (AvgIpc) is 2.68. The molecule has 1 spiro atoms. The van der Waals surface area contributed by atoms with E-state index in [0.29, 0.717) is 30.0 Å². The molecule has 144 valence electrons. The number of nitriles is 1. The van der Waals surface area contributed by atoms with Gasteiger partial charge in [0.15, 0.2) is 0 Å². The van der Waals surface area contributed by atoms with Crippen molar-refractivity contribution in [3.8, 4) is 6.07 Å². The Kier molecular flexibility index (Phi) is 5.84. The van der Waals surface area contributed by atoms with Crippen molar-refractivity contribution >= 4 is 11.8 Å². The van der Waals surface area contributed by atoms with Gasteiger partial charge in [-0.05, 0) is 43.7 Å². The van der Waals surface area contributed by atoms with Crippen LogP contribution in [0.1, 0.15) is 61.9 Å². The highest BCUT2D eigenvalue weighted by Gasteiger charge is 2.42. The Bertz CT molecular complexity index is 752. The highest BCUT2D eigenvalue weighted by molar-refractivity contribution is 5.96. The molecule has 0 radical (unpaired) electrons. The third-order valence-corrected chi connectivity index (χ3v) is 5.95. The Hall–Kier alpha value is -2.35. The van der Waals surface area contributed by atoms with E-state index in [1.54, 1.807) is 24.3 Å². The van der Waals surface area contributed by atoms with E-state index >= 15 is 0 Å². The molecule has 1 unspecified atom stereocenters. The van der Waals surface area contributed by atoms with Gasteiger partial charge >= 0.3 is 0 Å². The van der Waals surface area contributed by atoms with E-state index < -0.39 is 0 Å². The Morgan fingerprint density at radius 1 is 1.26 bits per heavy atom. The quantitative estimate of drug-likeness (QED) is 0.819. The summed E-state index contributed by atoms with van der Waals surface area (Å²) in [5.41, 5.74) is 0.917. The third-order valence-electron chi connectivity index (χ3n) is 5.95. The molecule has 27 heavy (non-hydrogen) atoms. The minimum Gasteiger partial charge on any atom is -0.342 e. The summed E-state index contributed by atoms with van der Waals surface area (Å²) in [6.07, 6.45) is 4.46. The van der Waals surface area contributed by atoms with E-state index in [-0.39, 0.29) is 17.2 Å². The van der Waals surface area contributed by atoms with Gasteiger partial charge in [0.1, 0.15) is 0 Å². The molecule has 0 saturated carbocycles. The van der Waals surface area contributed by atoms with Crippen LogP contribution >= 0.6 is 0 Å². The van der Waals surface area contributed by atoms with Crippen molar-refractivity contribution in [2.45, 2.75) is 46.0 Å². The van der Waals surface area contributed by atoms with E-state index in [1.165, 1.54) is 0 Å². The minimum atomic E-state index is -0.0585. The molecular weight excluding hydrogens is 338 g/mol. The lowest BCUT2D eigenvalue weighted by Gasteiger charge is -2.48. The van der Waals surface area contributed by atoms with Gasteiger partial charge in [-0.1, -0.05) is 26.0 Å². The van der Waals surface area contributed by atoms with Crippen molar-refractivity contribution in [3.63, 3.8) is 0 Å². The largest absolute Gasteiger partial charge is 0.342 e. The molecule has 2 aliphatic rings. The average molecular weight is 367 g/mol. The topological polar surface area (TPSA) is 64.4 Å². The minimum absolute atomic E-state index is 0.000383. The van der Waals surface area contributed by atoms with E-state index in [0.717, 1.165) is 45.3 Å². The summed E-state index contributed by atoms with van der Waals surface area (Å²) in [7, 11) is 0. The van der Waals surface area contributed by atoms with Crippen LogP contribution in [0.25, 0.3) is 0 Å². The van der Waals surface area contributed by atoms with Gasteiger partial charge in [0.2, 0.25) is 5.91 Å². The van der Waals surface area contributed by atoms with Crippen molar-refractivity contribution in [1.82, 2.24) is 9.80 Å². The van der Waals surface area contributed by atoms with Crippen molar-refractivity contribution in [1.29, 1.82) is 5.26 Å². The summed E-state index contributed by atoms with van der Waals surface area (Å²) in [6.45, 7) is 7.32. The maximum absolute atomic E-state index is 13.1. The van der Waals surface area contributed by atoms with Crippen LogP contribution in [-0.2, 0) is 4.79 Å². The first kappa shape index (κ1) is 19.4. The summed E-state index contributed by atoms with van der Waals surface area (Å²) in [5.74, 6) is 0.763. The molecular formula is C22H29N3O2. The molecule has 1 aromatic carbocycles. The van der Waals surface area contributed by atoms with Crippen LogP contribution in [0.15, 0.2) is 24.3 Å². The number of piperidine rings is 2. The first-order valence-corrected chi connectivity index (χ1v) is 10.0. The fraction of sp³-hybridized carbons (Fsp3) is 0.591. The molecule has 1 atom stereocenters. The Morgan fingerprint density at radius 3 is 2.78 bits per heavy atom. The van der Waals surface area contributed by atoms with Crippen molar-refractivity contribution < 1.29 is 9.59 Å². The molecule has 2 aliphatic heterocycles. The number of carbonyl (C=O) groups is 2. The number of hydrogen-bond acceptors (Lipinski definition) is 3. The lowest BCUT2D eigenvalue weighted by Crippen LogP contribution is -2.55. The SMILES string of the molecule is CC(C)CCN1CC2(CCCN(C(=O)c3ccccc3C#N)C2)CCC1=O. The summed E-state index contributed by atoms with van der Waals surface area (Å²) in [6, 6.07) is 9.15. The van der Waals surface area contributed by atoms with Crippen LogP contribution in [0.3, 0.4) is 0 Å².